The maximum atomic E-state index is 15.5. The van der Waals surface area contributed by atoms with Crippen LogP contribution in [0.15, 0.2) is 59.4 Å². The number of carbonyl (C=O) groups excluding carboxylic acids is 9. The summed E-state index contributed by atoms with van der Waals surface area (Å²) in [4.78, 5) is 135. The molecule has 424 valence electrons. The summed E-state index contributed by atoms with van der Waals surface area (Å²) in [5.41, 5.74) is -0.376. The van der Waals surface area contributed by atoms with Gasteiger partial charge in [0, 0.05) is 61.2 Å². The first-order chi connectivity index (χ1) is 38.0. The Morgan fingerprint density at radius 2 is 1.56 bits per heavy atom. The average molecular weight is 1120 g/mol. The number of amides is 8. The lowest BCUT2D eigenvalue weighted by Crippen LogP contribution is -2.52. The Kier molecular flexibility index (Phi) is 17.3. The van der Waals surface area contributed by atoms with Gasteiger partial charge in [-0.3, -0.25) is 48.1 Å². The van der Waals surface area contributed by atoms with Gasteiger partial charge in [0.2, 0.25) is 35.6 Å². The first-order valence-corrected chi connectivity index (χ1v) is 25.7. The fraction of sp³-hybridized carbons (Fsp3) is 0.426. The number of carbonyl (C=O) groups is 9. The van der Waals surface area contributed by atoms with Crippen LogP contribution < -0.4 is 32.1 Å². The second-order valence-electron chi connectivity index (χ2n) is 19.7. The molecular formula is C54H57F4N9O13. The van der Waals surface area contributed by atoms with Crippen LogP contribution in [0.3, 0.4) is 0 Å². The SMILES string of the molecule is CC[C@@]1(O)C(=O)OCc2c1cc1n(c2=O)Cc2c-1nc1cc(F)c(C)c3c1c2[C@@H](N(C)C(=O)[C@@H](OCNC(=O)CNC(=O)[C@H](Cc1ccccc1)NC(=O)CNC(=O)CNC(=O)CCCCCN1C(=O)C=CC1=O)C(F)(F)F)CC3. The van der Waals surface area contributed by atoms with E-state index in [1.807, 2.05) is 0 Å². The van der Waals surface area contributed by atoms with Gasteiger partial charge in [0.05, 0.1) is 54.7 Å². The van der Waals surface area contributed by atoms with E-state index in [1.165, 1.54) is 29.7 Å². The number of rotatable bonds is 22. The Labute approximate surface area is 453 Å². The van der Waals surface area contributed by atoms with Crippen LogP contribution in [-0.4, -0.2) is 136 Å². The lowest BCUT2D eigenvalue weighted by molar-refractivity contribution is -0.225. The van der Waals surface area contributed by atoms with Crippen LogP contribution in [0.25, 0.3) is 22.3 Å². The van der Waals surface area contributed by atoms with Gasteiger partial charge < -0.3 is 50.6 Å². The van der Waals surface area contributed by atoms with Gasteiger partial charge >= 0.3 is 12.1 Å². The molecule has 0 unspecified atom stereocenters. The summed E-state index contributed by atoms with van der Waals surface area (Å²) in [6.07, 6.45) is -4.73. The van der Waals surface area contributed by atoms with Gasteiger partial charge in [-0.05, 0) is 67.3 Å². The minimum absolute atomic E-state index is 0.00266. The Hall–Kier alpha value is -8.39. The summed E-state index contributed by atoms with van der Waals surface area (Å²) in [6, 6.07) is 8.51. The first kappa shape index (κ1) is 57.8. The van der Waals surface area contributed by atoms with E-state index >= 15 is 4.39 Å². The molecule has 3 aliphatic heterocycles. The highest BCUT2D eigenvalue weighted by Crippen LogP contribution is 2.48. The topological polar surface area (TPSA) is 294 Å². The lowest BCUT2D eigenvalue weighted by atomic mass is 9.81. The number of aromatic nitrogens is 2. The highest BCUT2D eigenvalue weighted by molar-refractivity contribution is 6.12. The summed E-state index contributed by atoms with van der Waals surface area (Å²) in [5, 5.41) is 23.4. The molecule has 2 aromatic heterocycles. The van der Waals surface area contributed by atoms with E-state index in [4.69, 9.17) is 14.5 Å². The number of fused-ring (bicyclic) bond motifs is 5. The summed E-state index contributed by atoms with van der Waals surface area (Å²) in [5.74, 6) is -7.87. The zero-order chi connectivity index (χ0) is 57.8. The van der Waals surface area contributed by atoms with Crippen molar-refractivity contribution in [2.24, 2.45) is 0 Å². The van der Waals surface area contributed by atoms with Crippen LogP contribution in [0.1, 0.15) is 90.4 Å². The Balaban J connectivity index is 0.870. The highest BCUT2D eigenvalue weighted by Gasteiger charge is 2.50. The van der Waals surface area contributed by atoms with Crippen molar-refractivity contribution in [3.8, 4) is 11.4 Å². The largest absolute Gasteiger partial charge is 0.458 e. The van der Waals surface area contributed by atoms with E-state index in [0.29, 0.717) is 46.9 Å². The van der Waals surface area contributed by atoms with Gasteiger partial charge in [-0.25, -0.2) is 14.2 Å². The van der Waals surface area contributed by atoms with Crippen molar-refractivity contribution in [2.75, 3.05) is 40.0 Å². The van der Waals surface area contributed by atoms with Crippen molar-refractivity contribution in [1.29, 1.82) is 0 Å². The van der Waals surface area contributed by atoms with Gasteiger partial charge in [0.25, 0.3) is 23.3 Å². The van der Waals surface area contributed by atoms with Crippen molar-refractivity contribution >= 4 is 64.1 Å². The number of ether oxygens (including phenoxy) is 2. The van der Waals surface area contributed by atoms with Crippen LogP contribution in [-0.2, 0) is 84.2 Å². The third-order valence-corrected chi connectivity index (χ3v) is 14.6. The number of unbranched alkanes of at least 4 members (excludes halogenated alkanes) is 2. The van der Waals surface area contributed by atoms with E-state index in [-0.39, 0.29) is 78.8 Å². The predicted octanol–water partition coefficient (Wildman–Crippen LogP) is 1.56. The first-order valence-electron chi connectivity index (χ1n) is 25.7. The molecule has 0 spiro atoms. The minimum Gasteiger partial charge on any atom is -0.458 e. The fourth-order valence-corrected chi connectivity index (χ4v) is 10.3. The second-order valence-corrected chi connectivity index (χ2v) is 19.7. The molecule has 26 heteroatoms. The van der Waals surface area contributed by atoms with E-state index in [1.54, 1.807) is 37.3 Å². The normalized spacial score (nSPS) is 17.7. The molecule has 0 bridgehead atoms. The molecule has 1 aliphatic carbocycles. The Bertz CT molecular complexity index is 3280. The van der Waals surface area contributed by atoms with Crippen molar-refractivity contribution < 1.29 is 75.3 Å². The number of cyclic esters (lactones) is 1. The highest BCUT2D eigenvalue weighted by atomic mass is 19.4. The molecule has 0 fully saturated rings. The fourth-order valence-electron chi connectivity index (χ4n) is 10.3. The predicted molar refractivity (Wildman–Crippen MR) is 272 cm³/mol. The number of nitrogens with zero attached hydrogens (tertiary/aromatic N) is 4. The van der Waals surface area contributed by atoms with Gasteiger partial charge in [-0.1, -0.05) is 43.7 Å². The van der Waals surface area contributed by atoms with E-state index in [2.05, 4.69) is 26.6 Å². The molecule has 8 amide bonds. The maximum absolute atomic E-state index is 15.5. The third-order valence-electron chi connectivity index (χ3n) is 14.6. The summed E-state index contributed by atoms with van der Waals surface area (Å²) in [6.45, 7) is -0.393. The Morgan fingerprint density at radius 3 is 2.26 bits per heavy atom. The third kappa shape index (κ3) is 12.1. The lowest BCUT2D eigenvalue weighted by Gasteiger charge is -2.37. The molecule has 4 atom stereocenters. The summed E-state index contributed by atoms with van der Waals surface area (Å²) < 4.78 is 71.5. The number of pyridine rings is 2. The van der Waals surface area contributed by atoms with Gasteiger partial charge in [-0.2, -0.15) is 13.2 Å². The minimum atomic E-state index is -5.33. The second kappa shape index (κ2) is 23.9. The number of nitrogens with one attached hydrogen (secondary N) is 5. The van der Waals surface area contributed by atoms with Crippen LogP contribution in [0.4, 0.5) is 17.6 Å². The van der Waals surface area contributed by atoms with Crippen LogP contribution in [0, 0.1) is 12.7 Å². The molecule has 5 heterocycles. The van der Waals surface area contributed by atoms with Crippen LogP contribution >= 0.6 is 0 Å². The average Bonchev–Trinajstić information content (AvgIpc) is 4.18. The molecule has 8 rings (SSSR count). The number of hydrogen-bond acceptors (Lipinski definition) is 14. The molecule has 0 radical (unpaired) electrons. The van der Waals surface area contributed by atoms with Gasteiger partial charge in [0.15, 0.2) is 5.60 Å². The zero-order valence-corrected chi connectivity index (χ0v) is 43.7. The molecule has 4 aliphatic rings. The van der Waals surface area contributed by atoms with Crippen molar-refractivity contribution in [3.63, 3.8) is 0 Å². The van der Waals surface area contributed by atoms with Crippen LogP contribution in [0.2, 0.25) is 0 Å². The number of hydrogen-bond donors (Lipinski definition) is 6. The summed E-state index contributed by atoms with van der Waals surface area (Å²) >= 11 is 0. The van der Waals surface area contributed by atoms with Crippen LogP contribution in [0.5, 0.6) is 0 Å². The van der Waals surface area contributed by atoms with Crippen molar-refractivity contribution in [1.82, 2.24) is 45.9 Å². The monoisotopic (exact) mass is 1120 g/mol. The number of benzene rings is 2. The van der Waals surface area contributed by atoms with E-state index in [0.717, 1.165) is 22.9 Å². The quantitative estimate of drug-likeness (QED) is 0.0189. The van der Waals surface area contributed by atoms with E-state index < -0.39 is 128 Å². The Morgan fingerprint density at radius 1 is 0.887 bits per heavy atom. The van der Waals surface area contributed by atoms with Crippen molar-refractivity contribution in [2.45, 2.75) is 108 Å². The molecule has 0 saturated carbocycles. The summed E-state index contributed by atoms with van der Waals surface area (Å²) in [7, 11) is 1.14. The molecule has 80 heavy (non-hydrogen) atoms. The zero-order valence-electron chi connectivity index (χ0n) is 43.7. The molecule has 0 saturated heterocycles. The number of imide groups is 1. The van der Waals surface area contributed by atoms with Crippen molar-refractivity contribution in [3.05, 3.63) is 110 Å². The standard InChI is InChI=1S/C54H57F4N9O13/c1-4-53(78)33-20-38-47-31(25-67(38)50(75)32(33)26-79-52(53)77)46-37(15-14-30-28(2)34(55)21-35(64-47)45(30)46)65(3)51(76)48(54(56,57)58)80-27-62-41(70)23-61-49(74)36(19-29-11-7-5-8-12-29)63-42(71)24-60-40(69)22-59-39(68)13-9-6-10-18-66-43(72)16-17-44(66)73/h5,7-8,11-12,16-17,20-21,36-37,48,78H,4,6,9-10,13-15,18-19,22-27H2,1-3H3,(H,59,68)(H,60,69)(H,61,74)(H,62,70)(H,63,71)/t36-,37-,48+,53-/m0/s1. The number of halogens is 4. The molecule has 6 N–H and O–H groups in total. The number of aryl methyl sites for hydroxylation is 1. The number of aliphatic hydroxyl groups is 1. The molecule has 2 aromatic carbocycles. The van der Waals surface area contributed by atoms with E-state index in [9.17, 15) is 66.2 Å². The molecule has 4 aromatic rings. The maximum Gasteiger partial charge on any atom is 0.423 e. The molecular weight excluding hydrogens is 1060 g/mol. The van der Waals surface area contributed by atoms with Gasteiger partial charge in [-0.15, -0.1) is 0 Å². The number of alkyl halides is 3. The number of esters is 1. The van der Waals surface area contributed by atoms with Gasteiger partial charge in [0.1, 0.15) is 25.2 Å². The number of likely N-dealkylation sites (N-methyl/N-ethyl adjacent to an activating group) is 1. The molecule has 22 nitrogen and oxygen atoms in total. The smallest absolute Gasteiger partial charge is 0.423 e.